The predicted molar refractivity (Wildman–Crippen MR) is 115 cm³/mol. The summed E-state index contributed by atoms with van der Waals surface area (Å²) >= 11 is 0. The molecule has 1 aliphatic carbocycles. The molecule has 29 heavy (non-hydrogen) atoms. The molecule has 3 nitrogen and oxygen atoms in total. The topological polar surface area (TPSA) is 46.5 Å². The minimum absolute atomic E-state index is 0.0614. The molecule has 1 N–H and O–H groups in total. The molecule has 144 valence electrons. The van der Waals surface area contributed by atoms with E-state index in [1.54, 1.807) is 6.08 Å². The third-order valence-corrected chi connectivity index (χ3v) is 4.96. The SMILES string of the molecule is O=C1C=C(OCCC(O)c2ccccc2)C(c2ccccc2)=C1c1ccccc1. The van der Waals surface area contributed by atoms with Crippen LogP contribution in [0.2, 0.25) is 0 Å². The van der Waals surface area contributed by atoms with E-state index in [0.717, 1.165) is 22.3 Å². The van der Waals surface area contributed by atoms with E-state index < -0.39 is 6.10 Å². The molecule has 0 bridgehead atoms. The van der Waals surface area contributed by atoms with Crippen LogP contribution in [0.25, 0.3) is 11.1 Å². The van der Waals surface area contributed by atoms with Crippen molar-refractivity contribution < 1.29 is 14.6 Å². The van der Waals surface area contributed by atoms with Gasteiger partial charge in [-0.2, -0.15) is 0 Å². The minimum atomic E-state index is -0.605. The highest BCUT2D eigenvalue weighted by atomic mass is 16.5. The van der Waals surface area contributed by atoms with Gasteiger partial charge in [-0.25, -0.2) is 0 Å². The molecule has 0 radical (unpaired) electrons. The van der Waals surface area contributed by atoms with E-state index in [4.69, 9.17) is 4.74 Å². The van der Waals surface area contributed by atoms with Crippen LogP contribution in [0.15, 0.2) is 103 Å². The number of benzene rings is 3. The van der Waals surface area contributed by atoms with E-state index in [0.29, 0.717) is 24.4 Å². The number of carbonyl (C=O) groups excluding carboxylic acids is 1. The lowest BCUT2D eigenvalue weighted by Gasteiger charge is -2.15. The fourth-order valence-electron chi connectivity index (χ4n) is 3.53. The number of ketones is 1. The standard InChI is InChI=1S/C26H22O3/c27-22(19-10-4-1-5-11-19)16-17-29-24-18-23(28)25(20-12-6-2-7-13-20)26(24)21-14-8-3-9-15-21/h1-15,18,22,27H,16-17H2. The van der Waals surface area contributed by atoms with Crippen LogP contribution in [0.5, 0.6) is 0 Å². The molecule has 1 aliphatic rings. The maximum absolute atomic E-state index is 12.8. The third kappa shape index (κ3) is 4.20. The molecule has 0 saturated carbocycles. The van der Waals surface area contributed by atoms with Crippen molar-refractivity contribution in [1.82, 2.24) is 0 Å². The van der Waals surface area contributed by atoms with Gasteiger partial charge in [-0.1, -0.05) is 91.0 Å². The molecular formula is C26H22O3. The Hall–Kier alpha value is -3.43. The molecule has 0 spiro atoms. The van der Waals surface area contributed by atoms with Crippen molar-refractivity contribution in [3.05, 3.63) is 120 Å². The first-order chi connectivity index (χ1) is 14.2. The first-order valence-corrected chi connectivity index (χ1v) is 9.71. The molecule has 1 unspecified atom stereocenters. The van der Waals surface area contributed by atoms with E-state index in [1.165, 1.54) is 0 Å². The Bertz CT molecular complexity index is 1040. The summed E-state index contributed by atoms with van der Waals surface area (Å²) in [5.41, 5.74) is 4.12. The zero-order chi connectivity index (χ0) is 20.1. The number of ether oxygens (including phenoxy) is 1. The number of hydrogen-bond donors (Lipinski definition) is 1. The Kier molecular flexibility index (Phi) is 5.68. The van der Waals surface area contributed by atoms with E-state index in [1.807, 2.05) is 91.0 Å². The summed E-state index contributed by atoms with van der Waals surface area (Å²) in [6.07, 6.45) is 1.39. The fourth-order valence-corrected chi connectivity index (χ4v) is 3.53. The van der Waals surface area contributed by atoms with Crippen molar-refractivity contribution in [1.29, 1.82) is 0 Å². The van der Waals surface area contributed by atoms with Crippen molar-refractivity contribution >= 4 is 16.9 Å². The number of rotatable bonds is 7. The quantitative estimate of drug-likeness (QED) is 0.611. The maximum atomic E-state index is 12.8. The van der Waals surface area contributed by atoms with Crippen LogP contribution in [0, 0.1) is 0 Å². The average Bonchev–Trinajstić information content (AvgIpc) is 3.11. The van der Waals surface area contributed by atoms with E-state index in [9.17, 15) is 9.90 Å². The predicted octanol–water partition coefficient (Wildman–Crippen LogP) is 5.20. The second kappa shape index (κ2) is 8.72. The van der Waals surface area contributed by atoms with Crippen LogP contribution in [-0.2, 0) is 9.53 Å². The van der Waals surface area contributed by atoms with Gasteiger partial charge in [-0.3, -0.25) is 4.79 Å². The summed E-state index contributed by atoms with van der Waals surface area (Å²) in [6, 6.07) is 29.0. The Balaban J connectivity index is 1.58. The van der Waals surface area contributed by atoms with E-state index >= 15 is 0 Å². The monoisotopic (exact) mass is 382 g/mol. The number of hydrogen-bond acceptors (Lipinski definition) is 3. The van der Waals surface area contributed by atoms with Crippen LogP contribution >= 0.6 is 0 Å². The van der Waals surface area contributed by atoms with Gasteiger partial charge >= 0.3 is 0 Å². The highest BCUT2D eigenvalue weighted by Gasteiger charge is 2.28. The van der Waals surface area contributed by atoms with Gasteiger partial charge in [0.2, 0.25) is 0 Å². The largest absolute Gasteiger partial charge is 0.493 e. The Morgan fingerprint density at radius 3 is 1.83 bits per heavy atom. The normalized spacial score (nSPS) is 14.7. The molecule has 0 amide bonds. The smallest absolute Gasteiger partial charge is 0.190 e. The molecule has 0 fully saturated rings. The Morgan fingerprint density at radius 1 is 0.724 bits per heavy atom. The summed E-state index contributed by atoms with van der Waals surface area (Å²) in [7, 11) is 0. The number of aliphatic hydroxyl groups excluding tert-OH is 1. The van der Waals surface area contributed by atoms with Gasteiger partial charge in [-0.05, 0) is 16.7 Å². The molecule has 1 atom stereocenters. The van der Waals surface area contributed by atoms with Crippen molar-refractivity contribution in [2.24, 2.45) is 0 Å². The third-order valence-electron chi connectivity index (χ3n) is 4.96. The first-order valence-electron chi connectivity index (χ1n) is 9.71. The van der Waals surface area contributed by atoms with Crippen LogP contribution in [0.1, 0.15) is 29.2 Å². The molecule has 3 heteroatoms. The van der Waals surface area contributed by atoms with E-state index in [-0.39, 0.29) is 5.78 Å². The van der Waals surface area contributed by atoms with Gasteiger partial charge in [0.1, 0.15) is 5.76 Å². The van der Waals surface area contributed by atoms with Gasteiger partial charge < -0.3 is 9.84 Å². The van der Waals surface area contributed by atoms with Gasteiger partial charge in [0.05, 0.1) is 12.7 Å². The highest BCUT2D eigenvalue weighted by Crippen LogP contribution is 2.38. The fraction of sp³-hybridized carbons (Fsp3) is 0.115. The Morgan fingerprint density at radius 2 is 1.24 bits per heavy atom. The molecule has 0 saturated heterocycles. The van der Waals surface area contributed by atoms with Gasteiger partial charge in [0.15, 0.2) is 5.78 Å². The zero-order valence-corrected chi connectivity index (χ0v) is 16.0. The van der Waals surface area contributed by atoms with Gasteiger partial charge in [0, 0.05) is 23.6 Å². The van der Waals surface area contributed by atoms with Crippen LogP contribution in [0.4, 0.5) is 0 Å². The molecular weight excluding hydrogens is 360 g/mol. The average molecular weight is 382 g/mol. The molecule has 0 aromatic heterocycles. The molecule has 3 aromatic carbocycles. The van der Waals surface area contributed by atoms with Crippen LogP contribution in [-0.4, -0.2) is 17.5 Å². The van der Waals surface area contributed by atoms with Crippen molar-refractivity contribution in [3.63, 3.8) is 0 Å². The van der Waals surface area contributed by atoms with Crippen molar-refractivity contribution in [2.75, 3.05) is 6.61 Å². The lowest BCUT2D eigenvalue weighted by atomic mass is 9.95. The summed E-state index contributed by atoms with van der Waals surface area (Å²) in [5, 5.41) is 10.4. The molecule has 4 rings (SSSR count). The molecule has 0 aliphatic heterocycles. The van der Waals surface area contributed by atoms with Gasteiger partial charge in [0.25, 0.3) is 0 Å². The zero-order valence-electron chi connectivity index (χ0n) is 16.0. The van der Waals surface area contributed by atoms with Gasteiger partial charge in [-0.15, -0.1) is 0 Å². The second-order valence-corrected chi connectivity index (χ2v) is 6.92. The first kappa shape index (κ1) is 18.9. The molecule has 0 heterocycles. The van der Waals surface area contributed by atoms with Crippen molar-refractivity contribution in [3.8, 4) is 0 Å². The van der Waals surface area contributed by atoms with Crippen LogP contribution in [0.3, 0.4) is 0 Å². The maximum Gasteiger partial charge on any atom is 0.190 e. The van der Waals surface area contributed by atoms with E-state index in [2.05, 4.69) is 0 Å². The second-order valence-electron chi connectivity index (χ2n) is 6.92. The lowest BCUT2D eigenvalue weighted by Crippen LogP contribution is -2.04. The Labute approximate surface area is 170 Å². The summed E-state index contributed by atoms with van der Waals surface area (Å²) in [5.74, 6) is 0.494. The number of aliphatic hydroxyl groups is 1. The van der Waals surface area contributed by atoms with Crippen molar-refractivity contribution in [2.45, 2.75) is 12.5 Å². The summed E-state index contributed by atoms with van der Waals surface area (Å²) in [4.78, 5) is 12.8. The number of allylic oxidation sites excluding steroid dienone is 3. The summed E-state index contributed by atoms with van der Waals surface area (Å²) in [6.45, 7) is 0.313. The molecule has 3 aromatic rings. The lowest BCUT2D eigenvalue weighted by molar-refractivity contribution is -0.109. The number of carbonyl (C=O) groups is 1. The summed E-state index contributed by atoms with van der Waals surface area (Å²) < 4.78 is 6.01. The highest BCUT2D eigenvalue weighted by molar-refractivity contribution is 6.37. The minimum Gasteiger partial charge on any atom is -0.493 e. The van der Waals surface area contributed by atoms with Crippen LogP contribution < -0.4 is 0 Å².